The molecule has 6 heteroatoms. The molecule has 2 saturated heterocycles. The number of rotatable bonds is 3. The largest absolute Gasteiger partial charge is 0.364 e. The lowest BCUT2D eigenvalue weighted by molar-refractivity contribution is -0.132. The van der Waals surface area contributed by atoms with Gasteiger partial charge in [-0.2, -0.15) is 0 Å². The monoisotopic (exact) mass is 242 g/mol. The van der Waals surface area contributed by atoms with Gasteiger partial charge in [0.2, 0.25) is 0 Å². The van der Waals surface area contributed by atoms with Crippen molar-refractivity contribution in [3.05, 3.63) is 0 Å². The molecule has 2 atom stereocenters. The lowest BCUT2D eigenvalue weighted by Crippen LogP contribution is -2.43. The average molecular weight is 242 g/mol. The van der Waals surface area contributed by atoms with E-state index in [1.54, 1.807) is 0 Å². The fourth-order valence-electron chi connectivity index (χ4n) is 2.55. The Labute approximate surface area is 102 Å². The van der Waals surface area contributed by atoms with Crippen LogP contribution in [-0.4, -0.2) is 48.7 Å². The van der Waals surface area contributed by atoms with Crippen LogP contribution in [0.25, 0.3) is 0 Å². The number of piperidine rings is 1. The van der Waals surface area contributed by atoms with Crippen molar-refractivity contribution in [3.8, 4) is 0 Å². The van der Waals surface area contributed by atoms with Crippen molar-refractivity contribution in [1.29, 1.82) is 0 Å². The van der Waals surface area contributed by atoms with E-state index >= 15 is 0 Å². The topological polar surface area (TPSA) is 93.6 Å². The molecule has 6 nitrogen and oxygen atoms in total. The summed E-state index contributed by atoms with van der Waals surface area (Å²) in [5.74, 6) is 4.88. The van der Waals surface area contributed by atoms with E-state index in [2.05, 4.69) is 10.3 Å². The number of carbonyl (C=O) groups excluding carboxylic acids is 1. The number of nitrogens with one attached hydrogen (secondary N) is 1. The predicted molar refractivity (Wildman–Crippen MR) is 63.9 cm³/mol. The van der Waals surface area contributed by atoms with Crippen LogP contribution in [0.5, 0.6) is 0 Å². The molecule has 2 unspecified atom stereocenters. The molecule has 0 aromatic carbocycles. The van der Waals surface area contributed by atoms with E-state index in [0.29, 0.717) is 6.04 Å². The van der Waals surface area contributed by atoms with Crippen molar-refractivity contribution < 1.29 is 9.53 Å². The Hall–Kier alpha value is -0.690. The van der Waals surface area contributed by atoms with Gasteiger partial charge in [0, 0.05) is 12.6 Å². The van der Waals surface area contributed by atoms with E-state index in [1.807, 2.05) is 0 Å². The Balaban J connectivity index is 1.72. The number of hydrogen-bond acceptors (Lipinski definition) is 5. The summed E-state index contributed by atoms with van der Waals surface area (Å²) >= 11 is 0. The molecule has 0 aromatic heterocycles. The van der Waals surface area contributed by atoms with Gasteiger partial charge in [-0.3, -0.25) is 10.2 Å². The lowest BCUT2D eigenvalue weighted by atomic mass is 10.1. The summed E-state index contributed by atoms with van der Waals surface area (Å²) in [7, 11) is 0. The number of likely N-dealkylation sites (tertiary alicyclic amines) is 1. The third-order valence-electron chi connectivity index (χ3n) is 3.64. The molecule has 1 amide bonds. The molecular weight excluding hydrogens is 220 g/mol. The van der Waals surface area contributed by atoms with E-state index in [1.165, 1.54) is 0 Å². The highest BCUT2D eigenvalue weighted by atomic mass is 16.5. The van der Waals surface area contributed by atoms with E-state index in [9.17, 15) is 4.79 Å². The summed E-state index contributed by atoms with van der Waals surface area (Å²) in [6, 6.07) is 0.353. The molecule has 0 saturated carbocycles. The molecule has 0 bridgehead atoms. The number of nitrogens with zero attached hydrogens (tertiary/aromatic N) is 1. The van der Waals surface area contributed by atoms with Gasteiger partial charge in [0.05, 0.1) is 6.10 Å². The van der Waals surface area contributed by atoms with Crippen molar-refractivity contribution >= 4 is 5.91 Å². The first kappa shape index (κ1) is 12.8. The first-order valence-corrected chi connectivity index (χ1v) is 6.33. The molecule has 2 heterocycles. The average Bonchev–Trinajstić information content (AvgIpc) is 2.80. The molecule has 2 rings (SSSR count). The van der Waals surface area contributed by atoms with Gasteiger partial charge in [-0.15, -0.1) is 0 Å². The maximum Gasteiger partial charge on any atom is 0.263 e. The predicted octanol–water partition coefficient (Wildman–Crippen LogP) is -1.05. The van der Waals surface area contributed by atoms with Crippen molar-refractivity contribution in [3.63, 3.8) is 0 Å². The zero-order valence-electron chi connectivity index (χ0n) is 10.1. The summed E-state index contributed by atoms with van der Waals surface area (Å²) in [5, 5.41) is 0. The van der Waals surface area contributed by atoms with E-state index in [4.69, 9.17) is 16.3 Å². The van der Waals surface area contributed by atoms with Crippen molar-refractivity contribution in [1.82, 2.24) is 10.3 Å². The summed E-state index contributed by atoms with van der Waals surface area (Å²) in [5.41, 5.74) is 8.00. The van der Waals surface area contributed by atoms with Gasteiger partial charge in [0.25, 0.3) is 5.91 Å². The van der Waals surface area contributed by atoms with Crippen molar-refractivity contribution in [2.24, 2.45) is 11.6 Å². The van der Waals surface area contributed by atoms with Crippen LogP contribution in [0.1, 0.15) is 25.7 Å². The Morgan fingerprint density at radius 1 is 1.29 bits per heavy atom. The Kier molecular flexibility index (Phi) is 4.33. The minimum atomic E-state index is -0.364. The molecule has 0 radical (unpaired) electrons. The van der Waals surface area contributed by atoms with E-state index in [0.717, 1.165) is 45.3 Å². The van der Waals surface area contributed by atoms with Gasteiger partial charge in [-0.25, -0.2) is 5.84 Å². The third kappa shape index (κ3) is 3.38. The van der Waals surface area contributed by atoms with Crippen LogP contribution < -0.4 is 17.0 Å². The standard InChI is InChI=1S/C11H22N4O2/c12-8-3-5-15(6-4-8)7-9-1-2-10(17-9)11(16)14-13/h8-10H,1-7,12-13H2,(H,14,16). The number of ether oxygens (including phenoxy) is 1. The van der Waals surface area contributed by atoms with Crippen molar-refractivity contribution in [2.75, 3.05) is 19.6 Å². The Morgan fingerprint density at radius 3 is 2.65 bits per heavy atom. The number of amides is 1. The number of nitrogens with two attached hydrogens (primary N) is 2. The van der Waals surface area contributed by atoms with Crippen LogP contribution in [0.3, 0.4) is 0 Å². The number of carbonyl (C=O) groups is 1. The third-order valence-corrected chi connectivity index (χ3v) is 3.64. The van der Waals surface area contributed by atoms with Gasteiger partial charge < -0.3 is 15.4 Å². The zero-order valence-corrected chi connectivity index (χ0v) is 10.1. The quantitative estimate of drug-likeness (QED) is 0.333. The van der Waals surface area contributed by atoms with E-state index in [-0.39, 0.29) is 18.1 Å². The normalized spacial score (nSPS) is 31.6. The Bertz CT molecular complexity index is 266. The molecule has 0 spiro atoms. The van der Waals surface area contributed by atoms with Crippen LogP contribution in [-0.2, 0) is 9.53 Å². The summed E-state index contributed by atoms with van der Waals surface area (Å²) in [6.45, 7) is 2.98. The second-order valence-electron chi connectivity index (χ2n) is 4.97. The molecule has 2 fully saturated rings. The minimum absolute atomic E-state index is 0.159. The first-order chi connectivity index (χ1) is 8.19. The van der Waals surface area contributed by atoms with Gasteiger partial charge in [0.1, 0.15) is 6.10 Å². The molecule has 5 N–H and O–H groups in total. The van der Waals surface area contributed by atoms with Crippen molar-refractivity contribution in [2.45, 2.75) is 43.9 Å². The van der Waals surface area contributed by atoms with Crippen LogP contribution in [0.2, 0.25) is 0 Å². The van der Waals surface area contributed by atoms with Gasteiger partial charge in [-0.05, 0) is 38.8 Å². The maximum atomic E-state index is 11.3. The van der Waals surface area contributed by atoms with Gasteiger partial charge in [-0.1, -0.05) is 0 Å². The highest BCUT2D eigenvalue weighted by Gasteiger charge is 2.31. The summed E-state index contributed by atoms with van der Waals surface area (Å²) in [4.78, 5) is 13.7. The van der Waals surface area contributed by atoms with E-state index < -0.39 is 0 Å². The number of hydrogen-bond donors (Lipinski definition) is 3. The van der Waals surface area contributed by atoms with Gasteiger partial charge in [0.15, 0.2) is 0 Å². The fourth-order valence-corrected chi connectivity index (χ4v) is 2.55. The zero-order chi connectivity index (χ0) is 12.3. The minimum Gasteiger partial charge on any atom is -0.364 e. The van der Waals surface area contributed by atoms with Crippen LogP contribution >= 0.6 is 0 Å². The molecule has 2 aliphatic rings. The molecule has 17 heavy (non-hydrogen) atoms. The molecule has 2 aliphatic heterocycles. The molecule has 98 valence electrons. The Morgan fingerprint density at radius 2 is 2.00 bits per heavy atom. The molecular formula is C11H22N4O2. The van der Waals surface area contributed by atoms with Crippen LogP contribution in [0, 0.1) is 0 Å². The van der Waals surface area contributed by atoms with Crippen LogP contribution in [0.4, 0.5) is 0 Å². The summed E-state index contributed by atoms with van der Waals surface area (Å²) in [6.07, 6.45) is 3.60. The molecule has 0 aromatic rings. The van der Waals surface area contributed by atoms with Gasteiger partial charge >= 0.3 is 0 Å². The second kappa shape index (κ2) is 5.77. The molecule has 0 aliphatic carbocycles. The highest BCUT2D eigenvalue weighted by molar-refractivity contribution is 5.80. The number of hydrazine groups is 1. The summed E-state index contributed by atoms with van der Waals surface area (Å²) < 4.78 is 5.68. The fraction of sp³-hybridized carbons (Fsp3) is 0.909. The SMILES string of the molecule is NNC(=O)C1CCC(CN2CCC(N)CC2)O1. The maximum absolute atomic E-state index is 11.3. The lowest BCUT2D eigenvalue weighted by Gasteiger charge is -2.31. The first-order valence-electron chi connectivity index (χ1n) is 6.33. The smallest absolute Gasteiger partial charge is 0.263 e. The highest BCUT2D eigenvalue weighted by Crippen LogP contribution is 2.21. The van der Waals surface area contributed by atoms with Crippen LogP contribution in [0.15, 0.2) is 0 Å². The second-order valence-corrected chi connectivity index (χ2v) is 4.97.